The van der Waals surface area contributed by atoms with Gasteiger partial charge in [-0.05, 0) is 84.8 Å². The third-order valence-corrected chi connectivity index (χ3v) is 15.1. The van der Waals surface area contributed by atoms with Crippen LogP contribution in [0.5, 0.6) is 0 Å². The minimum absolute atomic E-state index is 0.00546. The molecule has 0 fully saturated rings. The van der Waals surface area contributed by atoms with E-state index in [1.54, 1.807) is 152 Å². The number of aromatic nitrogens is 1. The van der Waals surface area contributed by atoms with Gasteiger partial charge < -0.3 is 10.6 Å². The maximum Gasteiger partial charge on any atom is 0.270 e. The van der Waals surface area contributed by atoms with Crippen molar-refractivity contribution in [3.05, 3.63) is 240 Å². The van der Waals surface area contributed by atoms with E-state index >= 15 is 9.59 Å². The van der Waals surface area contributed by atoms with Crippen LogP contribution >= 0.6 is 0 Å². The van der Waals surface area contributed by atoms with E-state index in [-0.39, 0.29) is 97.6 Å². The second kappa shape index (κ2) is 16.7. The van der Waals surface area contributed by atoms with Crippen molar-refractivity contribution < 1.29 is 43.2 Å². The van der Waals surface area contributed by atoms with E-state index in [1.807, 2.05) is 0 Å². The van der Waals surface area contributed by atoms with Gasteiger partial charge in [0.1, 0.15) is 5.78 Å². The number of amides is 3. The van der Waals surface area contributed by atoms with E-state index in [9.17, 15) is 33.6 Å². The van der Waals surface area contributed by atoms with Crippen LogP contribution in [0.15, 0.2) is 167 Å². The summed E-state index contributed by atoms with van der Waals surface area (Å²) in [4.78, 5) is 133. The Morgan fingerprint density at radius 2 is 1.14 bits per heavy atom. The molecule has 3 N–H and O–H groups in total. The summed E-state index contributed by atoms with van der Waals surface area (Å²) in [7, 11) is 0. The fourth-order valence-corrected chi connectivity index (χ4v) is 11.6. The SMILES string of the molecule is O=C1CC(=O)C2=C(C1)C(=O)c1ccc3c(c1=C2)=Nc1c-3cc(NC(=O)c2ccccc2)c2c1C=C1C(=CCc3c1n(NC(=O)c1ccccc1)c1c4c(ccc31)C(=O)c1c(NC(=O)c3ccccc3)cccc1C4=O)C2=O. The first-order valence-electron chi connectivity index (χ1n) is 24.7. The van der Waals surface area contributed by atoms with Crippen LogP contribution in [-0.4, -0.2) is 57.1 Å². The Balaban J connectivity index is 0.993. The highest BCUT2D eigenvalue weighted by atomic mass is 16.2. The lowest BCUT2D eigenvalue weighted by atomic mass is 9.78. The Bertz CT molecular complexity index is 4480. The number of Topliss-reactive ketones (excluding diaryl/α,β-unsaturated/α-hetero) is 4. The molecule has 3 amide bonds. The molecule has 5 aliphatic carbocycles. The minimum atomic E-state index is -0.560. The van der Waals surface area contributed by atoms with Crippen LogP contribution in [0.1, 0.15) is 113 Å². The average Bonchev–Trinajstić information content (AvgIpc) is 4.20. The largest absolute Gasteiger partial charge is 0.321 e. The zero-order chi connectivity index (χ0) is 52.5. The Kier molecular flexibility index (Phi) is 9.78. The number of nitrogens with zero attached hydrogens (tertiary/aromatic N) is 2. The van der Waals surface area contributed by atoms with Crippen molar-refractivity contribution in [2.75, 3.05) is 16.1 Å². The van der Waals surface area contributed by atoms with Gasteiger partial charge in [-0.2, -0.15) is 0 Å². The number of hydrogen-bond acceptors (Lipinski definition) is 10. The molecule has 0 atom stereocenters. The van der Waals surface area contributed by atoms with Crippen LogP contribution in [0.4, 0.5) is 17.1 Å². The third kappa shape index (κ3) is 6.68. The van der Waals surface area contributed by atoms with E-state index in [0.717, 1.165) is 0 Å². The summed E-state index contributed by atoms with van der Waals surface area (Å²) in [6.07, 6.45) is 4.81. The number of rotatable bonds is 6. The summed E-state index contributed by atoms with van der Waals surface area (Å²) in [5.74, 6) is -4.31. The fraction of sp³-hybridized carbons (Fsp3) is 0.0476. The van der Waals surface area contributed by atoms with Crippen LogP contribution in [0, 0.1) is 0 Å². The van der Waals surface area contributed by atoms with Gasteiger partial charge in [0.25, 0.3) is 17.7 Å². The first-order chi connectivity index (χ1) is 37.4. The molecule has 1 aliphatic heterocycles. The molecule has 2 heterocycles. The first kappa shape index (κ1) is 45.0. The Hall–Kier alpha value is -10.6. The second-order valence-electron chi connectivity index (χ2n) is 19.4. The van der Waals surface area contributed by atoms with E-state index in [0.29, 0.717) is 66.3 Å². The summed E-state index contributed by atoms with van der Waals surface area (Å²) in [5.41, 5.74) is 8.60. The van der Waals surface area contributed by atoms with Gasteiger partial charge in [-0.1, -0.05) is 84.9 Å². The van der Waals surface area contributed by atoms with Crippen LogP contribution in [0.25, 0.3) is 39.8 Å². The van der Waals surface area contributed by atoms with Crippen molar-refractivity contribution in [2.45, 2.75) is 19.3 Å². The molecule has 14 rings (SSSR count). The topological polar surface area (TPSA) is 207 Å². The summed E-state index contributed by atoms with van der Waals surface area (Å²) in [6, 6.07) is 38.4. The number of carbonyl (C=O) groups is 9. The van der Waals surface area contributed by atoms with Crippen molar-refractivity contribution in [1.82, 2.24) is 4.68 Å². The summed E-state index contributed by atoms with van der Waals surface area (Å²) in [6.45, 7) is 0. The lowest BCUT2D eigenvalue weighted by Crippen LogP contribution is -2.37. The maximum atomic E-state index is 15.6. The van der Waals surface area contributed by atoms with E-state index in [1.165, 1.54) is 10.7 Å². The fourth-order valence-electron chi connectivity index (χ4n) is 11.6. The highest BCUT2D eigenvalue weighted by molar-refractivity contribution is 6.35. The molecule has 0 spiro atoms. The Morgan fingerprint density at radius 3 is 1.84 bits per heavy atom. The highest BCUT2D eigenvalue weighted by Crippen LogP contribution is 2.51. The molecule has 0 saturated carbocycles. The number of nitrogens with one attached hydrogen (secondary N) is 3. The quantitative estimate of drug-likeness (QED) is 0.136. The van der Waals surface area contributed by atoms with Gasteiger partial charge in [0.15, 0.2) is 28.9 Å². The predicted octanol–water partition coefficient (Wildman–Crippen LogP) is 8.66. The number of allylic oxidation sites excluding steroid dienone is 5. The second-order valence-corrected chi connectivity index (χ2v) is 19.4. The zero-order valence-electron chi connectivity index (χ0n) is 40.2. The zero-order valence-corrected chi connectivity index (χ0v) is 40.2. The van der Waals surface area contributed by atoms with E-state index in [2.05, 4.69) is 16.1 Å². The smallest absolute Gasteiger partial charge is 0.270 e. The van der Waals surface area contributed by atoms with Crippen LogP contribution in [0.3, 0.4) is 0 Å². The molecule has 0 bridgehead atoms. The lowest BCUT2D eigenvalue weighted by molar-refractivity contribution is -0.125. The number of fused-ring (bicyclic) bond motifs is 15. The van der Waals surface area contributed by atoms with E-state index < -0.39 is 46.6 Å². The highest BCUT2D eigenvalue weighted by Gasteiger charge is 2.41. The maximum absolute atomic E-state index is 15.6. The van der Waals surface area contributed by atoms with Crippen molar-refractivity contribution >= 4 is 98.1 Å². The molecule has 0 saturated heterocycles. The van der Waals surface area contributed by atoms with Gasteiger partial charge in [-0.25, -0.2) is 4.99 Å². The molecular formula is C63H35N5O9. The minimum Gasteiger partial charge on any atom is -0.321 e. The summed E-state index contributed by atoms with van der Waals surface area (Å²) in [5, 5.41) is 7.08. The first-order valence-corrected chi connectivity index (χ1v) is 24.7. The monoisotopic (exact) mass is 1010 g/mol. The molecule has 0 unspecified atom stereocenters. The van der Waals surface area contributed by atoms with Gasteiger partial charge in [-0.15, -0.1) is 0 Å². The molecule has 14 nitrogen and oxygen atoms in total. The van der Waals surface area contributed by atoms with Gasteiger partial charge in [-0.3, -0.25) is 53.3 Å². The number of benzene rings is 7. The normalized spacial score (nSPS) is 15.2. The van der Waals surface area contributed by atoms with Crippen LogP contribution in [0.2, 0.25) is 0 Å². The molecule has 366 valence electrons. The van der Waals surface area contributed by atoms with Crippen LogP contribution < -0.4 is 26.6 Å². The number of hydrogen-bond donors (Lipinski definition) is 3. The number of anilines is 2. The molecule has 6 aliphatic rings. The van der Waals surface area contributed by atoms with Crippen molar-refractivity contribution in [3.63, 3.8) is 0 Å². The van der Waals surface area contributed by atoms with Gasteiger partial charge >= 0.3 is 0 Å². The Morgan fingerprint density at radius 1 is 0.519 bits per heavy atom. The molecule has 0 radical (unpaired) electrons. The standard InChI is InChI=1S/C63H35N5O9/c69-33-25-45-41(49(70)26-33)27-42-37(57(45)71)22-19-34-43-29-48(65-62(76)31-13-6-2-7-14-31)51-46(54(43)66-53(34)42)28-44-38(58(51)72)23-20-35-36-21-24-40-52(56(36)68(55(35)44)67-63(77)32-15-8-3-9-16-32)60(74)39-17-10-18-47(50(39)59(40)73)64-61(75)30-11-4-1-5-12-30/h1-19,21-24,27-29H,20,25-26H2,(H,64,75)(H,65,76)(H,67,77). The molecule has 7 aromatic carbocycles. The number of carbonyl (C=O) groups excluding carboxylic acids is 9. The van der Waals surface area contributed by atoms with Gasteiger partial charge in [0.05, 0.1) is 56.7 Å². The molecular weight excluding hydrogens is 971 g/mol. The van der Waals surface area contributed by atoms with E-state index in [4.69, 9.17) is 4.99 Å². The number of ketones is 6. The summed E-state index contributed by atoms with van der Waals surface area (Å²) < 4.78 is 1.48. The molecule has 8 aromatic rings. The van der Waals surface area contributed by atoms with Crippen LogP contribution in [-0.2, 0) is 16.0 Å². The lowest BCUT2D eigenvalue weighted by Gasteiger charge is -2.27. The van der Waals surface area contributed by atoms with Gasteiger partial charge in [0, 0.05) is 89.4 Å². The van der Waals surface area contributed by atoms with Crippen molar-refractivity contribution in [2.24, 2.45) is 4.99 Å². The van der Waals surface area contributed by atoms with Crippen molar-refractivity contribution in [1.29, 1.82) is 0 Å². The van der Waals surface area contributed by atoms with Crippen molar-refractivity contribution in [3.8, 4) is 11.1 Å². The predicted molar refractivity (Wildman–Crippen MR) is 286 cm³/mol. The molecule has 77 heavy (non-hydrogen) atoms. The Labute approximate surface area is 435 Å². The molecule has 1 aromatic heterocycles. The summed E-state index contributed by atoms with van der Waals surface area (Å²) >= 11 is 0. The average molecular weight is 1010 g/mol. The third-order valence-electron chi connectivity index (χ3n) is 15.1. The van der Waals surface area contributed by atoms with Gasteiger partial charge in [0.2, 0.25) is 0 Å². The molecule has 14 heteroatoms.